The SMILES string of the molecule is CN=C(NCc1ccc(OC)cc1)NCC1(N2CCSCC2)CCCC1.I. The second-order valence-corrected chi connectivity index (χ2v) is 8.38. The van der Waals surface area contributed by atoms with Crippen LogP contribution in [-0.4, -0.2) is 61.7 Å². The molecule has 2 fully saturated rings. The van der Waals surface area contributed by atoms with E-state index in [0.717, 1.165) is 24.8 Å². The number of benzene rings is 1. The predicted octanol–water partition coefficient (Wildman–Crippen LogP) is 3.34. The van der Waals surface area contributed by atoms with Crippen molar-refractivity contribution in [3.8, 4) is 5.75 Å². The van der Waals surface area contributed by atoms with E-state index in [4.69, 9.17) is 4.74 Å². The molecule has 1 aromatic carbocycles. The minimum atomic E-state index is 0. The molecule has 3 rings (SSSR count). The third-order valence-corrected chi connectivity index (χ3v) is 6.59. The van der Waals surface area contributed by atoms with E-state index in [0.29, 0.717) is 5.54 Å². The molecule has 0 aromatic heterocycles. The maximum atomic E-state index is 5.22. The topological polar surface area (TPSA) is 48.9 Å². The molecular formula is C20H33IN4OS. The average molecular weight is 504 g/mol. The first-order valence-electron chi connectivity index (χ1n) is 9.66. The summed E-state index contributed by atoms with van der Waals surface area (Å²) in [5.74, 6) is 4.32. The van der Waals surface area contributed by atoms with Crippen LogP contribution < -0.4 is 15.4 Å². The van der Waals surface area contributed by atoms with Crippen LogP contribution in [0.25, 0.3) is 0 Å². The molecule has 2 N–H and O–H groups in total. The van der Waals surface area contributed by atoms with Gasteiger partial charge in [-0.25, -0.2) is 0 Å². The van der Waals surface area contributed by atoms with Crippen molar-refractivity contribution in [1.82, 2.24) is 15.5 Å². The summed E-state index contributed by atoms with van der Waals surface area (Å²) < 4.78 is 5.22. The first kappa shape index (κ1) is 22.6. The Labute approximate surface area is 185 Å². The van der Waals surface area contributed by atoms with Crippen LogP contribution in [0.5, 0.6) is 5.75 Å². The lowest BCUT2D eigenvalue weighted by atomic mass is 9.94. The molecule has 1 aliphatic heterocycles. The fourth-order valence-corrected chi connectivity index (χ4v) is 4.98. The Morgan fingerprint density at radius 1 is 1.15 bits per heavy atom. The van der Waals surface area contributed by atoms with Gasteiger partial charge < -0.3 is 15.4 Å². The molecule has 0 amide bonds. The van der Waals surface area contributed by atoms with Gasteiger partial charge in [0.1, 0.15) is 5.75 Å². The first-order chi connectivity index (χ1) is 12.8. The zero-order chi connectivity index (χ0) is 18.2. The summed E-state index contributed by atoms with van der Waals surface area (Å²) in [4.78, 5) is 7.16. The molecule has 27 heavy (non-hydrogen) atoms. The molecular weight excluding hydrogens is 471 g/mol. The van der Waals surface area contributed by atoms with Crippen LogP contribution in [0.3, 0.4) is 0 Å². The van der Waals surface area contributed by atoms with Gasteiger partial charge in [0, 0.05) is 50.3 Å². The maximum absolute atomic E-state index is 5.22. The van der Waals surface area contributed by atoms with Crippen molar-refractivity contribution in [2.45, 2.75) is 37.8 Å². The van der Waals surface area contributed by atoms with Gasteiger partial charge in [-0.2, -0.15) is 11.8 Å². The summed E-state index contributed by atoms with van der Waals surface area (Å²) in [7, 11) is 3.54. The van der Waals surface area contributed by atoms with Crippen LogP contribution in [0.1, 0.15) is 31.2 Å². The highest BCUT2D eigenvalue weighted by Crippen LogP contribution is 2.36. The van der Waals surface area contributed by atoms with E-state index in [1.54, 1.807) is 7.11 Å². The van der Waals surface area contributed by atoms with Gasteiger partial charge in [0.2, 0.25) is 0 Å². The Bertz CT molecular complexity index is 584. The largest absolute Gasteiger partial charge is 0.497 e. The van der Waals surface area contributed by atoms with Crippen LogP contribution in [0.4, 0.5) is 0 Å². The molecule has 1 saturated carbocycles. The van der Waals surface area contributed by atoms with Gasteiger partial charge in [0.25, 0.3) is 0 Å². The molecule has 0 unspecified atom stereocenters. The Morgan fingerprint density at radius 3 is 2.41 bits per heavy atom. The van der Waals surface area contributed by atoms with Gasteiger partial charge >= 0.3 is 0 Å². The first-order valence-corrected chi connectivity index (χ1v) is 10.8. The van der Waals surface area contributed by atoms with E-state index in [2.05, 4.69) is 44.4 Å². The predicted molar refractivity (Wildman–Crippen MR) is 127 cm³/mol. The molecule has 5 nitrogen and oxygen atoms in total. The molecule has 0 radical (unpaired) electrons. The zero-order valence-electron chi connectivity index (χ0n) is 16.5. The molecule has 1 aliphatic carbocycles. The number of hydrogen-bond donors (Lipinski definition) is 2. The van der Waals surface area contributed by atoms with Crippen LogP contribution >= 0.6 is 35.7 Å². The number of halogens is 1. The Hall–Kier alpha value is -0.670. The summed E-state index contributed by atoms with van der Waals surface area (Å²) in [6.45, 7) is 4.20. The fraction of sp³-hybridized carbons (Fsp3) is 0.650. The van der Waals surface area contributed by atoms with Gasteiger partial charge in [-0.05, 0) is 30.5 Å². The normalized spacial score (nSPS) is 20.0. The summed E-state index contributed by atoms with van der Waals surface area (Å²) in [5, 5.41) is 7.05. The minimum Gasteiger partial charge on any atom is -0.497 e. The fourth-order valence-electron chi connectivity index (χ4n) is 4.07. The van der Waals surface area contributed by atoms with Crippen LogP contribution in [0.2, 0.25) is 0 Å². The number of nitrogens with one attached hydrogen (secondary N) is 2. The molecule has 1 saturated heterocycles. The van der Waals surface area contributed by atoms with Crippen molar-refractivity contribution in [1.29, 1.82) is 0 Å². The maximum Gasteiger partial charge on any atom is 0.191 e. The van der Waals surface area contributed by atoms with E-state index in [1.807, 2.05) is 19.2 Å². The summed E-state index contributed by atoms with van der Waals surface area (Å²) in [5.41, 5.74) is 1.54. The lowest BCUT2D eigenvalue weighted by molar-refractivity contribution is 0.107. The van der Waals surface area contributed by atoms with Gasteiger partial charge in [-0.3, -0.25) is 9.89 Å². The van der Waals surface area contributed by atoms with Crippen LogP contribution in [0.15, 0.2) is 29.3 Å². The smallest absolute Gasteiger partial charge is 0.191 e. The molecule has 1 heterocycles. The number of methoxy groups -OCH3 is 1. The lowest BCUT2D eigenvalue weighted by Crippen LogP contribution is -2.57. The molecule has 1 aromatic rings. The number of aliphatic imine (C=N–C) groups is 1. The third-order valence-electron chi connectivity index (χ3n) is 5.64. The molecule has 0 atom stereocenters. The second-order valence-electron chi connectivity index (χ2n) is 7.16. The van der Waals surface area contributed by atoms with Gasteiger partial charge in [-0.1, -0.05) is 25.0 Å². The monoisotopic (exact) mass is 504 g/mol. The lowest BCUT2D eigenvalue weighted by Gasteiger charge is -2.43. The number of nitrogens with zero attached hydrogens (tertiary/aromatic N) is 2. The van der Waals surface area contributed by atoms with Crippen molar-refractivity contribution in [3.05, 3.63) is 29.8 Å². The number of guanidine groups is 1. The molecule has 7 heteroatoms. The molecule has 0 spiro atoms. The Morgan fingerprint density at radius 2 is 1.81 bits per heavy atom. The highest BCUT2D eigenvalue weighted by Gasteiger charge is 2.39. The number of hydrogen-bond acceptors (Lipinski definition) is 4. The van der Waals surface area contributed by atoms with E-state index >= 15 is 0 Å². The van der Waals surface area contributed by atoms with E-state index in [-0.39, 0.29) is 24.0 Å². The summed E-state index contributed by atoms with van der Waals surface area (Å²) in [6.07, 6.45) is 5.31. The van der Waals surface area contributed by atoms with Gasteiger partial charge in [-0.15, -0.1) is 24.0 Å². The van der Waals surface area contributed by atoms with Crippen molar-refractivity contribution >= 4 is 41.7 Å². The highest BCUT2D eigenvalue weighted by atomic mass is 127. The van der Waals surface area contributed by atoms with E-state index < -0.39 is 0 Å². The van der Waals surface area contributed by atoms with E-state index in [1.165, 1.54) is 55.8 Å². The number of thioether (sulfide) groups is 1. The average Bonchev–Trinajstić information content (AvgIpc) is 3.19. The zero-order valence-corrected chi connectivity index (χ0v) is 19.6. The van der Waals surface area contributed by atoms with E-state index in [9.17, 15) is 0 Å². The van der Waals surface area contributed by atoms with Crippen molar-refractivity contribution in [3.63, 3.8) is 0 Å². The molecule has 152 valence electrons. The number of ether oxygens (including phenoxy) is 1. The molecule has 0 bridgehead atoms. The minimum absolute atomic E-state index is 0. The third kappa shape index (κ3) is 6.15. The quantitative estimate of drug-likeness (QED) is 0.354. The Kier molecular flexibility index (Phi) is 9.52. The second kappa shape index (κ2) is 11.4. The molecule has 2 aliphatic rings. The van der Waals surface area contributed by atoms with Crippen molar-refractivity contribution < 1.29 is 4.74 Å². The van der Waals surface area contributed by atoms with Crippen LogP contribution in [0, 0.1) is 0 Å². The van der Waals surface area contributed by atoms with Gasteiger partial charge in [0.15, 0.2) is 5.96 Å². The van der Waals surface area contributed by atoms with Gasteiger partial charge in [0.05, 0.1) is 7.11 Å². The number of rotatable bonds is 6. The summed E-state index contributed by atoms with van der Waals surface area (Å²) in [6, 6.07) is 8.16. The van der Waals surface area contributed by atoms with Crippen molar-refractivity contribution in [2.24, 2.45) is 4.99 Å². The van der Waals surface area contributed by atoms with Crippen LogP contribution in [-0.2, 0) is 6.54 Å². The highest BCUT2D eigenvalue weighted by molar-refractivity contribution is 14.0. The Balaban J connectivity index is 0.00000261. The standard InChI is InChI=1S/C20H32N4OS.HI/c1-21-19(22-15-17-5-7-18(25-2)8-6-17)23-16-20(9-3-4-10-20)24-11-13-26-14-12-24;/h5-8H,3-4,9-16H2,1-2H3,(H2,21,22,23);1H. The van der Waals surface area contributed by atoms with Crippen molar-refractivity contribution in [2.75, 3.05) is 45.3 Å². The summed E-state index contributed by atoms with van der Waals surface area (Å²) >= 11 is 2.09.